The predicted molar refractivity (Wildman–Crippen MR) is 79.4 cm³/mol. The van der Waals surface area contributed by atoms with Gasteiger partial charge in [0.05, 0.1) is 5.60 Å². The predicted octanol–water partition coefficient (Wildman–Crippen LogP) is 4.02. The van der Waals surface area contributed by atoms with Crippen LogP contribution in [-0.4, -0.2) is 15.8 Å². The van der Waals surface area contributed by atoms with E-state index in [1.54, 1.807) is 11.3 Å². The van der Waals surface area contributed by atoms with Crippen molar-refractivity contribution in [2.24, 2.45) is 0 Å². The van der Waals surface area contributed by atoms with Crippen LogP contribution in [0.2, 0.25) is 0 Å². The minimum Gasteiger partial charge on any atom is -0.387 e. The van der Waals surface area contributed by atoms with E-state index < -0.39 is 11.7 Å². The van der Waals surface area contributed by atoms with Gasteiger partial charge in [0.2, 0.25) is 0 Å². The molecule has 2 aromatic rings. The van der Waals surface area contributed by atoms with E-state index in [0.29, 0.717) is 12.8 Å². The Bertz CT molecular complexity index is 553. The molecule has 1 aromatic heterocycles. The quantitative estimate of drug-likeness (QED) is 0.813. The fourth-order valence-corrected chi connectivity index (χ4v) is 4.07. The maximum Gasteiger partial charge on any atom is 0.109 e. The first-order valence-corrected chi connectivity index (χ1v) is 7.95. The zero-order valence-electron chi connectivity index (χ0n) is 11.0. The number of rotatable bonds is 2. The van der Waals surface area contributed by atoms with E-state index in [9.17, 15) is 10.2 Å². The molecule has 0 bridgehead atoms. The lowest BCUT2D eigenvalue weighted by Gasteiger charge is -2.32. The van der Waals surface area contributed by atoms with Crippen molar-refractivity contribution in [2.75, 3.05) is 0 Å². The Labute approximate surface area is 117 Å². The summed E-state index contributed by atoms with van der Waals surface area (Å²) in [5.74, 6) is 0. The molecular formula is C16H20O2S. The van der Waals surface area contributed by atoms with Crippen LogP contribution in [0, 0.1) is 0 Å². The average molecular weight is 276 g/mol. The van der Waals surface area contributed by atoms with Gasteiger partial charge in [0, 0.05) is 10.3 Å². The van der Waals surface area contributed by atoms with E-state index in [4.69, 9.17) is 0 Å². The first kappa shape index (κ1) is 13.1. The Morgan fingerprint density at radius 1 is 1.05 bits per heavy atom. The van der Waals surface area contributed by atoms with Crippen molar-refractivity contribution in [3.63, 3.8) is 0 Å². The van der Waals surface area contributed by atoms with E-state index in [-0.39, 0.29) is 0 Å². The first-order valence-electron chi connectivity index (χ1n) is 7.07. The highest BCUT2D eigenvalue weighted by Gasteiger charge is 2.37. The van der Waals surface area contributed by atoms with Gasteiger partial charge in [0.15, 0.2) is 0 Å². The van der Waals surface area contributed by atoms with Crippen molar-refractivity contribution in [3.05, 3.63) is 35.2 Å². The number of hydrogen-bond donors (Lipinski definition) is 2. The lowest BCUT2D eigenvalue weighted by molar-refractivity contribution is -0.0860. The summed E-state index contributed by atoms with van der Waals surface area (Å²) < 4.78 is 1.10. The van der Waals surface area contributed by atoms with Crippen molar-refractivity contribution in [3.8, 4) is 0 Å². The maximum absolute atomic E-state index is 10.8. The van der Waals surface area contributed by atoms with Crippen LogP contribution in [0.3, 0.4) is 0 Å². The largest absolute Gasteiger partial charge is 0.387 e. The minimum atomic E-state index is -0.950. The highest BCUT2D eigenvalue weighted by Crippen LogP contribution is 2.40. The lowest BCUT2D eigenvalue weighted by atomic mass is 9.84. The minimum absolute atomic E-state index is 0.704. The second-order valence-electron chi connectivity index (χ2n) is 5.61. The third kappa shape index (κ3) is 2.42. The molecule has 1 saturated carbocycles. The van der Waals surface area contributed by atoms with Gasteiger partial charge >= 0.3 is 0 Å². The SMILES string of the molecule is OC(c1cccc2ccsc12)C1(O)CCCCCC1. The number of benzene rings is 1. The van der Waals surface area contributed by atoms with E-state index in [2.05, 4.69) is 12.1 Å². The summed E-state index contributed by atoms with van der Waals surface area (Å²) in [4.78, 5) is 0. The molecule has 1 atom stereocenters. The molecule has 0 aliphatic heterocycles. The molecule has 19 heavy (non-hydrogen) atoms. The van der Waals surface area contributed by atoms with Crippen molar-refractivity contribution in [1.82, 2.24) is 0 Å². The summed E-state index contributed by atoms with van der Waals surface area (Å²) in [7, 11) is 0. The summed E-state index contributed by atoms with van der Waals surface area (Å²) in [6.07, 6.45) is 4.98. The molecule has 3 rings (SSSR count). The Kier molecular flexibility index (Phi) is 3.61. The van der Waals surface area contributed by atoms with Crippen molar-refractivity contribution >= 4 is 21.4 Å². The molecule has 0 spiro atoms. The molecule has 1 aromatic carbocycles. The Morgan fingerprint density at radius 3 is 2.53 bits per heavy atom. The maximum atomic E-state index is 10.8. The highest BCUT2D eigenvalue weighted by molar-refractivity contribution is 7.17. The Balaban J connectivity index is 1.98. The molecule has 2 nitrogen and oxygen atoms in total. The van der Waals surface area contributed by atoms with Crippen LogP contribution in [0.25, 0.3) is 10.1 Å². The number of thiophene rings is 1. The van der Waals surface area contributed by atoms with E-state index in [1.165, 1.54) is 0 Å². The fourth-order valence-electron chi connectivity index (χ4n) is 3.14. The van der Waals surface area contributed by atoms with Crippen LogP contribution in [-0.2, 0) is 0 Å². The Morgan fingerprint density at radius 2 is 1.79 bits per heavy atom. The third-order valence-corrected chi connectivity index (χ3v) is 5.26. The Hall–Kier alpha value is -0.900. The molecule has 3 heteroatoms. The summed E-state index contributed by atoms with van der Waals surface area (Å²) >= 11 is 1.64. The van der Waals surface area contributed by atoms with Crippen LogP contribution in [0.4, 0.5) is 0 Å². The van der Waals surface area contributed by atoms with Crippen LogP contribution in [0.1, 0.15) is 50.2 Å². The molecule has 0 saturated heterocycles. The molecular weight excluding hydrogens is 256 g/mol. The highest BCUT2D eigenvalue weighted by atomic mass is 32.1. The second-order valence-corrected chi connectivity index (χ2v) is 6.52. The van der Waals surface area contributed by atoms with Gasteiger partial charge < -0.3 is 10.2 Å². The first-order chi connectivity index (χ1) is 9.21. The topological polar surface area (TPSA) is 40.5 Å². The summed E-state index contributed by atoms with van der Waals surface area (Å²) in [6, 6.07) is 8.03. The number of aliphatic hydroxyl groups excluding tert-OH is 1. The molecule has 0 amide bonds. The van der Waals surface area contributed by atoms with Crippen LogP contribution in [0.15, 0.2) is 29.6 Å². The van der Waals surface area contributed by atoms with Gasteiger partial charge in [-0.15, -0.1) is 11.3 Å². The summed E-state index contributed by atoms with van der Waals surface area (Å²) in [6.45, 7) is 0. The van der Waals surface area contributed by atoms with Gasteiger partial charge in [-0.1, -0.05) is 43.9 Å². The van der Waals surface area contributed by atoms with Crippen LogP contribution in [0.5, 0.6) is 0 Å². The van der Waals surface area contributed by atoms with Gasteiger partial charge in [-0.3, -0.25) is 0 Å². The molecule has 1 unspecified atom stereocenters. The number of aliphatic hydroxyl groups is 2. The van der Waals surface area contributed by atoms with Crippen molar-refractivity contribution < 1.29 is 10.2 Å². The van der Waals surface area contributed by atoms with E-state index in [0.717, 1.165) is 41.3 Å². The van der Waals surface area contributed by atoms with Gasteiger partial charge in [0.25, 0.3) is 0 Å². The monoisotopic (exact) mass is 276 g/mol. The third-order valence-electron chi connectivity index (χ3n) is 4.28. The van der Waals surface area contributed by atoms with Gasteiger partial charge in [0.1, 0.15) is 6.10 Å². The zero-order chi connectivity index (χ0) is 13.3. The normalized spacial score (nSPS) is 21.2. The number of fused-ring (bicyclic) bond motifs is 1. The van der Waals surface area contributed by atoms with E-state index >= 15 is 0 Å². The smallest absolute Gasteiger partial charge is 0.109 e. The van der Waals surface area contributed by atoms with Gasteiger partial charge in [-0.05, 0) is 29.7 Å². The molecule has 0 radical (unpaired) electrons. The molecule has 1 fully saturated rings. The molecule has 102 valence electrons. The standard InChI is InChI=1S/C16H20O2S/c17-15(16(18)9-3-1-2-4-10-16)13-7-5-6-12-8-11-19-14(12)13/h5-8,11,15,17-18H,1-4,9-10H2. The van der Waals surface area contributed by atoms with Crippen molar-refractivity contribution in [2.45, 2.75) is 50.2 Å². The summed E-state index contributed by atoms with van der Waals surface area (Å²) in [5.41, 5.74) is -0.0636. The molecule has 1 heterocycles. The lowest BCUT2D eigenvalue weighted by Crippen LogP contribution is -2.35. The average Bonchev–Trinajstić information content (AvgIpc) is 2.79. The second kappa shape index (κ2) is 5.23. The van der Waals surface area contributed by atoms with Crippen LogP contribution < -0.4 is 0 Å². The van der Waals surface area contributed by atoms with Gasteiger partial charge in [-0.25, -0.2) is 0 Å². The molecule has 1 aliphatic rings. The zero-order valence-corrected chi connectivity index (χ0v) is 11.8. The molecule has 1 aliphatic carbocycles. The summed E-state index contributed by atoms with van der Waals surface area (Å²) in [5, 5.41) is 24.7. The number of hydrogen-bond acceptors (Lipinski definition) is 3. The fraction of sp³-hybridized carbons (Fsp3) is 0.500. The van der Waals surface area contributed by atoms with E-state index in [1.807, 2.05) is 17.5 Å². The van der Waals surface area contributed by atoms with Crippen molar-refractivity contribution in [1.29, 1.82) is 0 Å². The van der Waals surface area contributed by atoms with Gasteiger partial charge in [-0.2, -0.15) is 0 Å². The molecule has 2 N–H and O–H groups in total. The van der Waals surface area contributed by atoms with Crippen LogP contribution >= 0.6 is 11.3 Å².